The molecular weight excluding hydrogens is 402 g/mol. The molecule has 0 aliphatic carbocycles. The first kappa shape index (κ1) is 20.3. The first-order valence-electron chi connectivity index (χ1n) is 10.8. The number of aromatic nitrogens is 2. The third-order valence-electron chi connectivity index (χ3n) is 5.55. The van der Waals surface area contributed by atoms with Crippen LogP contribution < -0.4 is 15.0 Å². The first-order chi connectivity index (χ1) is 15.7. The predicted octanol–water partition coefficient (Wildman–Crippen LogP) is 4.31. The van der Waals surface area contributed by atoms with Crippen LogP contribution in [-0.4, -0.2) is 34.9 Å². The standard InChI is InChI=1S/C26H25N3O3/c1-28(17-19-7-8-20-5-2-3-6-21(20)15-19)18-29-26(30)12-10-23(27-29)22-9-11-24-25(16-22)32-14-4-13-31-24/h2-3,5-12,15-16H,4,13-14,17-18H2,1H3. The van der Waals surface area contributed by atoms with E-state index < -0.39 is 0 Å². The van der Waals surface area contributed by atoms with Crippen LogP contribution in [-0.2, 0) is 13.2 Å². The fraction of sp³-hybridized carbons (Fsp3) is 0.231. The third-order valence-corrected chi connectivity index (χ3v) is 5.55. The topological polar surface area (TPSA) is 56.6 Å². The van der Waals surface area contributed by atoms with E-state index in [1.165, 1.54) is 21.0 Å². The van der Waals surface area contributed by atoms with Crippen LogP contribution in [0.15, 0.2) is 77.6 Å². The van der Waals surface area contributed by atoms with Crippen molar-refractivity contribution >= 4 is 10.8 Å². The molecule has 0 unspecified atom stereocenters. The fourth-order valence-corrected chi connectivity index (χ4v) is 3.95. The van der Waals surface area contributed by atoms with Crippen molar-refractivity contribution in [1.82, 2.24) is 14.7 Å². The summed E-state index contributed by atoms with van der Waals surface area (Å²) in [5, 5.41) is 7.05. The van der Waals surface area contributed by atoms with Crippen LogP contribution in [0.25, 0.3) is 22.0 Å². The molecule has 1 aliphatic heterocycles. The minimum atomic E-state index is -0.131. The quantitative estimate of drug-likeness (QED) is 0.475. The number of hydrogen-bond donors (Lipinski definition) is 0. The van der Waals surface area contributed by atoms with Crippen LogP contribution in [0.3, 0.4) is 0 Å². The summed E-state index contributed by atoms with van der Waals surface area (Å²) in [6, 6.07) is 23.9. The highest BCUT2D eigenvalue weighted by Gasteiger charge is 2.13. The molecule has 0 saturated heterocycles. The van der Waals surface area contributed by atoms with Gasteiger partial charge in [-0.2, -0.15) is 5.10 Å². The molecule has 3 aromatic carbocycles. The van der Waals surface area contributed by atoms with Gasteiger partial charge in [-0.3, -0.25) is 9.69 Å². The van der Waals surface area contributed by atoms with Gasteiger partial charge in [-0.1, -0.05) is 36.4 Å². The predicted molar refractivity (Wildman–Crippen MR) is 125 cm³/mol. The van der Waals surface area contributed by atoms with E-state index in [9.17, 15) is 4.79 Å². The molecule has 6 nitrogen and oxygen atoms in total. The fourth-order valence-electron chi connectivity index (χ4n) is 3.95. The maximum absolute atomic E-state index is 12.5. The van der Waals surface area contributed by atoms with E-state index in [2.05, 4.69) is 40.3 Å². The highest BCUT2D eigenvalue weighted by atomic mass is 16.5. The highest BCUT2D eigenvalue weighted by molar-refractivity contribution is 5.82. The van der Waals surface area contributed by atoms with Crippen molar-refractivity contribution in [1.29, 1.82) is 0 Å². The maximum Gasteiger partial charge on any atom is 0.268 e. The molecule has 0 fully saturated rings. The van der Waals surface area contributed by atoms with Crippen LogP contribution in [0.2, 0.25) is 0 Å². The van der Waals surface area contributed by atoms with E-state index >= 15 is 0 Å². The van der Waals surface area contributed by atoms with E-state index in [-0.39, 0.29) is 5.56 Å². The van der Waals surface area contributed by atoms with E-state index in [4.69, 9.17) is 9.47 Å². The van der Waals surface area contributed by atoms with Crippen molar-refractivity contribution in [3.05, 3.63) is 88.7 Å². The van der Waals surface area contributed by atoms with Crippen molar-refractivity contribution in [2.24, 2.45) is 0 Å². The van der Waals surface area contributed by atoms with E-state index in [0.717, 1.165) is 23.4 Å². The molecule has 0 spiro atoms. The van der Waals surface area contributed by atoms with E-state index in [1.807, 2.05) is 37.4 Å². The molecule has 1 aliphatic rings. The number of hydrogen-bond acceptors (Lipinski definition) is 5. The van der Waals surface area contributed by atoms with Crippen molar-refractivity contribution < 1.29 is 9.47 Å². The smallest absolute Gasteiger partial charge is 0.268 e. The van der Waals surface area contributed by atoms with Crippen LogP contribution >= 0.6 is 0 Å². The second kappa shape index (κ2) is 8.85. The average molecular weight is 428 g/mol. The van der Waals surface area contributed by atoms with Gasteiger partial charge in [-0.05, 0) is 53.7 Å². The van der Waals surface area contributed by atoms with Crippen molar-refractivity contribution in [3.63, 3.8) is 0 Å². The lowest BCUT2D eigenvalue weighted by Gasteiger charge is -2.18. The number of ether oxygens (including phenoxy) is 2. The minimum Gasteiger partial charge on any atom is -0.490 e. The van der Waals surface area contributed by atoms with Crippen LogP contribution in [0.5, 0.6) is 11.5 Å². The molecule has 32 heavy (non-hydrogen) atoms. The average Bonchev–Trinajstić information content (AvgIpc) is 3.05. The zero-order chi connectivity index (χ0) is 21.9. The maximum atomic E-state index is 12.5. The molecule has 2 heterocycles. The normalized spacial score (nSPS) is 13.3. The Morgan fingerprint density at radius 2 is 1.72 bits per heavy atom. The summed E-state index contributed by atoms with van der Waals surface area (Å²) in [7, 11) is 1.99. The van der Waals surface area contributed by atoms with E-state index in [1.54, 1.807) is 12.1 Å². The number of rotatable bonds is 5. The molecule has 0 radical (unpaired) electrons. The Balaban J connectivity index is 1.35. The van der Waals surface area contributed by atoms with Crippen LogP contribution in [0.4, 0.5) is 0 Å². The molecule has 0 atom stereocenters. The zero-order valence-electron chi connectivity index (χ0n) is 18.0. The minimum absolute atomic E-state index is 0.131. The summed E-state index contributed by atoms with van der Waals surface area (Å²) in [5.74, 6) is 1.46. The van der Waals surface area contributed by atoms with E-state index in [0.29, 0.717) is 32.2 Å². The van der Waals surface area contributed by atoms with Gasteiger partial charge in [0.1, 0.15) is 0 Å². The molecular formula is C26H25N3O3. The first-order valence-corrected chi connectivity index (χ1v) is 10.8. The molecule has 5 rings (SSSR count). The zero-order valence-corrected chi connectivity index (χ0v) is 18.0. The molecule has 1 aromatic heterocycles. The summed E-state index contributed by atoms with van der Waals surface area (Å²) >= 11 is 0. The number of benzene rings is 3. The van der Waals surface area contributed by atoms with Gasteiger partial charge in [0.15, 0.2) is 11.5 Å². The molecule has 0 saturated carbocycles. The third kappa shape index (κ3) is 4.36. The van der Waals surface area contributed by atoms with Gasteiger partial charge in [-0.15, -0.1) is 0 Å². The molecule has 0 bridgehead atoms. The summed E-state index contributed by atoms with van der Waals surface area (Å²) in [6.45, 7) is 2.39. The Morgan fingerprint density at radius 1 is 0.906 bits per heavy atom. The lowest BCUT2D eigenvalue weighted by atomic mass is 10.1. The van der Waals surface area contributed by atoms with Crippen molar-refractivity contribution in [2.45, 2.75) is 19.6 Å². The Hall–Kier alpha value is -3.64. The van der Waals surface area contributed by atoms with Crippen molar-refractivity contribution in [3.8, 4) is 22.8 Å². The summed E-state index contributed by atoms with van der Waals surface area (Å²) < 4.78 is 13.0. The molecule has 6 heteroatoms. The SMILES string of the molecule is CN(Cc1ccc2ccccc2c1)Cn1nc(-c2ccc3c(c2)OCCCO3)ccc1=O. The summed E-state index contributed by atoms with van der Waals surface area (Å²) in [4.78, 5) is 14.6. The Labute approximate surface area is 186 Å². The molecule has 0 N–H and O–H groups in total. The van der Waals surface area contributed by atoms with Gasteiger partial charge in [0.25, 0.3) is 5.56 Å². The lowest BCUT2D eigenvalue weighted by Crippen LogP contribution is -2.31. The van der Waals surface area contributed by atoms with Gasteiger partial charge >= 0.3 is 0 Å². The van der Waals surface area contributed by atoms with Gasteiger partial charge in [0.05, 0.1) is 25.6 Å². The second-order valence-corrected chi connectivity index (χ2v) is 8.11. The van der Waals surface area contributed by atoms with Gasteiger partial charge in [0, 0.05) is 24.6 Å². The molecule has 0 amide bonds. The highest BCUT2D eigenvalue weighted by Crippen LogP contribution is 2.33. The Morgan fingerprint density at radius 3 is 2.59 bits per heavy atom. The Kier molecular flexibility index (Phi) is 5.60. The summed E-state index contributed by atoms with van der Waals surface area (Å²) in [5.41, 5.74) is 2.67. The van der Waals surface area contributed by atoms with Gasteiger partial charge < -0.3 is 9.47 Å². The largest absolute Gasteiger partial charge is 0.490 e. The molecule has 162 valence electrons. The van der Waals surface area contributed by atoms with Crippen LogP contribution in [0.1, 0.15) is 12.0 Å². The van der Waals surface area contributed by atoms with Gasteiger partial charge in [0.2, 0.25) is 0 Å². The number of fused-ring (bicyclic) bond motifs is 2. The van der Waals surface area contributed by atoms with Gasteiger partial charge in [-0.25, -0.2) is 4.68 Å². The molecule has 4 aromatic rings. The second-order valence-electron chi connectivity index (χ2n) is 8.11. The number of nitrogens with zero attached hydrogens (tertiary/aromatic N) is 3. The van der Waals surface area contributed by atoms with Crippen molar-refractivity contribution in [2.75, 3.05) is 20.3 Å². The van der Waals surface area contributed by atoms with Crippen LogP contribution in [0, 0.1) is 0 Å². The summed E-state index contributed by atoms with van der Waals surface area (Å²) in [6.07, 6.45) is 0.858. The Bertz CT molecular complexity index is 1320. The lowest BCUT2D eigenvalue weighted by molar-refractivity contribution is 0.240. The monoisotopic (exact) mass is 427 g/mol.